The minimum atomic E-state index is -0.235. The van der Waals surface area contributed by atoms with E-state index < -0.39 is 0 Å². The highest BCUT2D eigenvalue weighted by Gasteiger charge is 2.33. The average Bonchev–Trinajstić information content (AvgIpc) is 3.42. The second-order valence-corrected chi connectivity index (χ2v) is 7.38. The Morgan fingerprint density at radius 1 is 1.37 bits per heavy atom. The summed E-state index contributed by atoms with van der Waals surface area (Å²) in [6.07, 6.45) is 3.94. The number of ether oxygens (including phenoxy) is 1. The van der Waals surface area contributed by atoms with Gasteiger partial charge in [0.25, 0.3) is 11.8 Å². The van der Waals surface area contributed by atoms with E-state index in [0.29, 0.717) is 55.7 Å². The van der Waals surface area contributed by atoms with Gasteiger partial charge in [-0.15, -0.1) is 0 Å². The van der Waals surface area contributed by atoms with Gasteiger partial charge in [0.05, 0.1) is 17.9 Å². The van der Waals surface area contributed by atoms with Crippen molar-refractivity contribution in [1.82, 2.24) is 30.0 Å². The normalized spacial score (nSPS) is 16.0. The molecule has 3 rings (SSSR count). The molecular weight excluding hydrogens is 386 g/mol. The van der Waals surface area contributed by atoms with E-state index in [2.05, 4.69) is 20.4 Å². The summed E-state index contributed by atoms with van der Waals surface area (Å²) in [5.74, 6) is 0.204. The molecule has 162 valence electrons. The Hall–Kier alpha value is -3.01. The first-order valence-corrected chi connectivity index (χ1v) is 10.1. The van der Waals surface area contributed by atoms with Gasteiger partial charge in [-0.2, -0.15) is 5.10 Å². The van der Waals surface area contributed by atoms with E-state index in [9.17, 15) is 9.59 Å². The topological polar surface area (TPSA) is 105 Å². The lowest BCUT2D eigenvalue weighted by Crippen LogP contribution is -2.31. The van der Waals surface area contributed by atoms with Crippen LogP contribution >= 0.6 is 0 Å². The third-order valence-corrected chi connectivity index (χ3v) is 5.14. The Bertz CT molecular complexity index is 896. The molecule has 0 aromatic carbocycles. The van der Waals surface area contributed by atoms with Gasteiger partial charge in [-0.05, 0) is 19.4 Å². The highest BCUT2D eigenvalue weighted by Crippen LogP contribution is 2.30. The number of rotatable bonds is 8. The van der Waals surface area contributed by atoms with Crippen molar-refractivity contribution in [2.75, 3.05) is 52.3 Å². The molecule has 0 spiro atoms. The summed E-state index contributed by atoms with van der Waals surface area (Å²) in [6, 6.07) is 1.74. The summed E-state index contributed by atoms with van der Waals surface area (Å²) in [7, 11) is 5.29. The number of carbonyl (C=O) groups is 2. The fraction of sp³-hybridized carbons (Fsp3) is 0.550. The molecular formula is C20H29N7O3. The van der Waals surface area contributed by atoms with Crippen LogP contribution < -0.4 is 10.2 Å². The Kier molecular flexibility index (Phi) is 6.99. The van der Waals surface area contributed by atoms with Gasteiger partial charge in [-0.25, -0.2) is 9.97 Å². The molecule has 10 nitrogen and oxygen atoms in total. The summed E-state index contributed by atoms with van der Waals surface area (Å²) >= 11 is 0. The maximum absolute atomic E-state index is 13.0. The van der Waals surface area contributed by atoms with Crippen molar-refractivity contribution in [1.29, 1.82) is 0 Å². The molecule has 1 aliphatic rings. The van der Waals surface area contributed by atoms with Crippen molar-refractivity contribution in [3.8, 4) is 0 Å². The van der Waals surface area contributed by atoms with E-state index in [4.69, 9.17) is 4.74 Å². The molecule has 2 aromatic rings. The quantitative estimate of drug-likeness (QED) is 0.635. The number of hydrogen-bond acceptors (Lipinski definition) is 7. The maximum Gasteiger partial charge on any atom is 0.272 e. The summed E-state index contributed by atoms with van der Waals surface area (Å²) in [4.78, 5) is 38.2. The molecule has 0 bridgehead atoms. The fourth-order valence-electron chi connectivity index (χ4n) is 3.54. The molecule has 0 aliphatic carbocycles. The van der Waals surface area contributed by atoms with Gasteiger partial charge in [0.15, 0.2) is 0 Å². The Balaban J connectivity index is 1.82. The monoisotopic (exact) mass is 415 g/mol. The van der Waals surface area contributed by atoms with Crippen LogP contribution in [0.1, 0.15) is 45.8 Å². The zero-order valence-electron chi connectivity index (χ0n) is 18.0. The van der Waals surface area contributed by atoms with Crippen LogP contribution in [-0.2, 0) is 11.3 Å². The van der Waals surface area contributed by atoms with Crippen LogP contribution in [-0.4, -0.2) is 83.9 Å². The highest BCUT2D eigenvalue weighted by atomic mass is 16.5. The smallest absolute Gasteiger partial charge is 0.272 e. The van der Waals surface area contributed by atoms with Gasteiger partial charge in [0, 0.05) is 65.7 Å². The lowest BCUT2D eigenvalue weighted by atomic mass is 9.99. The molecule has 2 amide bonds. The zero-order valence-corrected chi connectivity index (χ0v) is 18.0. The number of carbonyl (C=O) groups excluding carboxylic acids is 2. The van der Waals surface area contributed by atoms with Gasteiger partial charge in [-0.1, -0.05) is 0 Å². The molecule has 0 saturated carbocycles. The number of methoxy groups -OCH3 is 1. The minimum absolute atomic E-state index is 0.0446. The second kappa shape index (κ2) is 9.66. The van der Waals surface area contributed by atoms with Gasteiger partial charge < -0.3 is 19.9 Å². The molecule has 1 saturated heterocycles. The van der Waals surface area contributed by atoms with Crippen LogP contribution in [0.15, 0.2) is 18.5 Å². The first-order valence-electron chi connectivity index (χ1n) is 10.1. The second-order valence-electron chi connectivity index (χ2n) is 7.38. The van der Waals surface area contributed by atoms with Crippen LogP contribution in [0.3, 0.4) is 0 Å². The number of hydrogen-bond donors (Lipinski definition) is 1. The third kappa shape index (κ3) is 4.59. The molecule has 1 N–H and O–H groups in total. The molecule has 30 heavy (non-hydrogen) atoms. The van der Waals surface area contributed by atoms with Crippen molar-refractivity contribution in [3.05, 3.63) is 35.4 Å². The van der Waals surface area contributed by atoms with E-state index in [1.165, 1.54) is 0 Å². The van der Waals surface area contributed by atoms with Gasteiger partial charge >= 0.3 is 0 Å². The molecule has 1 unspecified atom stereocenters. The predicted molar refractivity (Wildman–Crippen MR) is 112 cm³/mol. The third-order valence-electron chi connectivity index (χ3n) is 5.14. The van der Waals surface area contributed by atoms with Crippen LogP contribution in [0.5, 0.6) is 0 Å². The zero-order chi connectivity index (χ0) is 21.7. The van der Waals surface area contributed by atoms with Gasteiger partial charge in [0.2, 0.25) is 5.95 Å². The first-order chi connectivity index (χ1) is 14.5. The van der Waals surface area contributed by atoms with Gasteiger partial charge in [0.1, 0.15) is 5.69 Å². The van der Waals surface area contributed by atoms with Crippen LogP contribution in [0.4, 0.5) is 5.95 Å². The predicted octanol–water partition coefficient (Wildman–Crippen LogP) is 0.765. The van der Waals surface area contributed by atoms with Crippen molar-refractivity contribution in [2.45, 2.75) is 25.8 Å². The number of aromatic nitrogens is 4. The van der Waals surface area contributed by atoms with E-state index in [1.54, 1.807) is 40.1 Å². The SMILES string of the molecule is CCn1nccc1C(=O)N1CCC(c2nc(N(C)C)ncc2C(=O)NCCOC)C1. The van der Waals surface area contributed by atoms with E-state index >= 15 is 0 Å². The summed E-state index contributed by atoms with van der Waals surface area (Å²) in [6.45, 7) is 4.51. The number of nitrogens with one attached hydrogen (secondary N) is 1. The average molecular weight is 415 g/mol. The van der Waals surface area contributed by atoms with E-state index in [0.717, 1.165) is 6.42 Å². The number of amides is 2. The van der Waals surface area contributed by atoms with E-state index in [1.807, 2.05) is 21.0 Å². The fourth-order valence-corrected chi connectivity index (χ4v) is 3.54. The van der Waals surface area contributed by atoms with Crippen molar-refractivity contribution >= 4 is 17.8 Å². The summed E-state index contributed by atoms with van der Waals surface area (Å²) < 4.78 is 6.69. The van der Waals surface area contributed by atoms with Crippen LogP contribution in [0.25, 0.3) is 0 Å². The standard InChI is InChI=1S/C20H29N7O3/c1-5-27-16(6-8-23-27)19(29)26-10-7-14(13-26)17-15(18(28)21-9-11-30-4)12-22-20(24-17)25(2)3/h6,8,12,14H,5,7,9-11,13H2,1-4H3,(H,21,28). The highest BCUT2D eigenvalue weighted by molar-refractivity contribution is 5.95. The van der Waals surface area contributed by atoms with Crippen LogP contribution in [0, 0.1) is 0 Å². The molecule has 1 atom stereocenters. The number of anilines is 1. The largest absolute Gasteiger partial charge is 0.383 e. The first kappa shape index (κ1) is 21.7. The van der Waals surface area contributed by atoms with Crippen molar-refractivity contribution in [3.63, 3.8) is 0 Å². The Morgan fingerprint density at radius 2 is 2.17 bits per heavy atom. The molecule has 0 radical (unpaired) electrons. The molecule has 10 heteroatoms. The Labute approximate surface area is 176 Å². The lowest BCUT2D eigenvalue weighted by molar-refractivity contribution is 0.0778. The number of aryl methyl sites for hydroxylation is 1. The molecule has 3 heterocycles. The van der Waals surface area contributed by atoms with E-state index in [-0.39, 0.29) is 17.7 Å². The summed E-state index contributed by atoms with van der Waals surface area (Å²) in [5, 5.41) is 7.02. The number of likely N-dealkylation sites (tertiary alicyclic amines) is 1. The lowest BCUT2D eigenvalue weighted by Gasteiger charge is -2.19. The van der Waals surface area contributed by atoms with Crippen LogP contribution in [0.2, 0.25) is 0 Å². The number of nitrogens with zero attached hydrogens (tertiary/aromatic N) is 6. The molecule has 1 aliphatic heterocycles. The Morgan fingerprint density at radius 3 is 2.87 bits per heavy atom. The molecule has 1 fully saturated rings. The van der Waals surface area contributed by atoms with Crippen molar-refractivity contribution in [2.24, 2.45) is 0 Å². The summed E-state index contributed by atoms with van der Waals surface area (Å²) in [5.41, 5.74) is 1.69. The minimum Gasteiger partial charge on any atom is -0.383 e. The molecule has 2 aromatic heterocycles. The van der Waals surface area contributed by atoms with Gasteiger partial charge in [-0.3, -0.25) is 14.3 Å². The van der Waals surface area contributed by atoms with Crippen molar-refractivity contribution < 1.29 is 14.3 Å². The maximum atomic E-state index is 13.0.